The number of hydrogen-bond acceptors (Lipinski definition) is 6. The Labute approximate surface area is 182 Å². The summed E-state index contributed by atoms with van der Waals surface area (Å²) in [6, 6.07) is 4.14. The van der Waals surface area contributed by atoms with Crippen molar-refractivity contribution in [2.45, 2.75) is 53.5 Å². The monoisotopic (exact) mass is 429 g/mol. The first-order valence-electron chi connectivity index (χ1n) is 10.4. The fourth-order valence-corrected chi connectivity index (χ4v) is 3.04. The lowest BCUT2D eigenvalue weighted by molar-refractivity contribution is -0.143. The summed E-state index contributed by atoms with van der Waals surface area (Å²) in [6.07, 6.45) is 1.25. The van der Waals surface area contributed by atoms with E-state index < -0.39 is 17.9 Å². The molecule has 1 aromatic carbocycles. The second kappa shape index (κ2) is 10.7. The highest BCUT2D eigenvalue weighted by Gasteiger charge is 2.24. The molecule has 0 aliphatic carbocycles. The zero-order chi connectivity index (χ0) is 23.1. The van der Waals surface area contributed by atoms with Crippen LogP contribution in [0.4, 0.5) is 0 Å². The van der Waals surface area contributed by atoms with E-state index in [9.17, 15) is 14.4 Å². The Kier molecular flexibility index (Phi) is 8.36. The standard InChI is InChI=1S/C23H31N3O5/c1-7-10-31-19-9-8-16(22(28)25-18(11-13(2)3)23(29)30-6)12-17(19)20-24-15(5)14(4)21(27)26-20/h8-9,12-13,18H,7,10-11H2,1-6H3,(H,25,28)(H,24,26,27). The predicted octanol–water partition coefficient (Wildman–Crippen LogP) is 3.16. The zero-order valence-corrected chi connectivity index (χ0v) is 19.0. The van der Waals surface area contributed by atoms with Crippen LogP contribution < -0.4 is 15.6 Å². The molecule has 1 unspecified atom stereocenters. The number of benzene rings is 1. The van der Waals surface area contributed by atoms with Gasteiger partial charge < -0.3 is 19.8 Å². The summed E-state index contributed by atoms with van der Waals surface area (Å²) in [5, 5.41) is 2.74. The van der Waals surface area contributed by atoms with E-state index in [-0.39, 0.29) is 11.5 Å². The SMILES string of the molecule is CCCOc1ccc(C(=O)NC(CC(C)C)C(=O)OC)cc1-c1nc(C)c(C)c(=O)[nH]1. The Hall–Kier alpha value is -3.16. The molecule has 0 bridgehead atoms. The molecule has 1 heterocycles. The van der Waals surface area contributed by atoms with Crippen molar-refractivity contribution in [1.29, 1.82) is 0 Å². The van der Waals surface area contributed by atoms with Crippen LogP contribution in [0.3, 0.4) is 0 Å². The Morgan fingerprint density at radius 1 is 1.23 bits per heavy atom. The summed E-state index contributed by atoms with van der Waals surface area (Å²) in [5.41, 5.74) is 1.69. The lowest BCUT2D eigenvalue weighted by Gasteiger charge is -2.19. The Morgan fingerprint density at radius 2 is 1.94 bits per heavy atom. The number of nitrogens with one attached hydrogen (secondary N) is 2. The van der Waals surface area contributed by atoms with Gasteiger partial charge >= 0.3 is 5.97 Å². The summed E-state index contributed by atoms with van der Waals surface area (Å²) >= 11 is 0. The third-order valence-corrected chi connectivity index (χ3v) is 4.85. The summed E-state index contributed by atoms with van der Waals surface area (Å²) < 4.78 is 10.6. The molecular formula is C23H31N3O5. The van der Waals surface area contributed by atoms with E-state index >= 15 is 0 Å². The van der Waals surface area contributed by atoms with Crippen LogP contribution in [0.25, 0.3) is 11.4 Å². The largest absolute Gasteiger partial charge is 0.493 e. The topological polar surface area (TPSA) is 110 Å². The fourth-order valence-electron chi connectivity index (χ4n) is 3.04. The molecule has 0 radical (unpaired) electrons. The minimum absolute atomic E-state index is 0.189. The fraction of sp³-hybridized carbons (Fsp3) is 0.478. The number of aromatic nitrogens is 2. The number of methoxy groups -OCH3 is 1. The summed E-state index contributed by atoms with van der Waals surface area (Å²) in [7, 11) is 1.29. The van der Waals surface area contributed by atoms with Gasteiger partial charge in [-0.05, 0) is 50.8 Å². The van der Waals surface area contributed by atoms with Crippen LogP contribution in [-0.2, 0) is 9.53 Å². The maximum Gasteiger partial charge on any atom is 0.328 e. The van der Waals surface area contributed by atoms with Crippen molar-refractivity contribution >= 4 is 11.9 Å². The molecule has 8 nitrogen and oxygen atoms in total. The molecule has 0 aliphatic heterocycles. The first kappa shape index (κ1) is 24.1. The van der Waals surface area contributed by atoms with Gasteiger partial charge in [-0.1, -0.05) is 20.8 Å². The summed E-state index contributed by atoms with van der Waals surface area (Å²) in [4.78, 5) is 44.5. The third-order valence-electron chi connectivity index (χ3n) is 4.85. The quantitative estimate of drug-likeness (QED) is 0.593. The second-order valence-corrected chi connectivity index (χ2v) is 7.86. The van der Waals surface area contributed by atoms with E-state index in [1.54, 1.807) is 32.0 Å². The van der Waals surface area contributed by atoms with Crippen LogP contribution in [0, 0.1) is 19.8 Å². The van der Waals surface area contributed by atoms with Gasteiger partial charge in [0.2, 0.25) is 0 Å². The molecule has 0 fully saturated rings. The number of amides is 1. The highest BCUT2D eigenvalue weighted by molar-refractivity contribution is 5.98. The van der Waals surface area contributed by atoms with Crippen molar-refractivity contribution in [3.8, 4) is 17.1 Å². The second-order valence-electron chi connectivity index (χ2n) is 7.86. The van der Waals surface area contributed by atoms with Crippen LogP contribution in [-0.4, -0.2) is 41.6 Å². The van der Waals surface area contributed by atoms with Crippen LogP contribution in [0.15, 0.2) is 23.0 Å². The van der Waals surface area contributed by atoms with Gasteiger partial charge in [-0.2, -0.15) is 0 Å². The normalized spacial score (nSPS) is 11.8. The molecule has 0 saturated heterocycles. The number of rotatable bonds is 9. The number of aromatic amines is 1. The van der Waals surface area contributed by atoms with E-state index in [1.807, 2.05) is 20.8 Å². The van der Waals surface area contributed by atoms with Gasteiger partial charge in [-0.3, -0.25) is 9.59 Å². The van der Waals surface area contributed by atoms with Crippen molar-refractivity contribution in [3.63, 3.8) is 0 Å². The van der Waals surface area contributed by atoms with Gasteiger partial charge in [0, 0.05) is 16.8 Å². The highest BCUT2D eigenvalue weighted by Crippen LogP contribution is 2.29. The average Bonchev–Trinajstić information content (AvgIpc) is 2.74. The maximum atomic E-state index is 12.9. The third kappa shape index (κ3) is 6.16. The van der Waals surface area contributed by atoms with E-state index in [2.05, 4.69) is 15.3 Å². The van der Waals surface area contributed by atoms with E-state index in [0.717, 1.165) is 6.42 Å². The van der Waals surface area contributed by atoms with Crippen molar-refractivity contribution in [2.75, 3.05) is 13.7 Å². The zero-order valence-electron chi connectivity index (χ0n) is 19.0. The van der Waals surface area contributed by atoms with Gasteiger partial charge in [0.1, 0.15) is 17.6 Å². The Balaban J connectivity index is 2.46. The van der Waals surface area contributed by atoms with Gasteiger partial charge in [0.15, 0.2) is 0 Å². The molecule has 2 N–H and O–H groups in total. The van der Waals surface area contributed by atoms with Crippen molar-refractivity contribution < 1.29 is 19.1 Å². The summed E-state index contributed by atoms with van der Waals surface area (Å²) in [6.45, 7) is 9.84. The molecule has 1 aromatic heterocycles. The summed E-state index contributed by atoms with van der Waals surface area (Å²) in [5.74, 6) is 0.0995. The molecule has 0 spiro atoms. The number of esters is 1. The molecule has 168 valence electrons. The van der Waals surface area contributed by atoms with Gasteiger partial charge in [-0.25, -0.2) is 9.78 Å². The van der Waals surface area contributed by atoms with Gasteiger partial charge in [0.05, 0.1) is 19.3 Å². The van der Waals surface area contributed by atoms with Gasteiger partial charge in [0.25, 0.3) is 11.5 Å². The number of aryl methyl sites for hydroxylation is 1. The Bertz CT molecular complexity index is 997. The van der Waals surface area contributed by atoms with Crippen LogP contribution in [0.2, 0.25) is 0 Å². The Morgan fingerprint density at radius 3 is 2.52 bits per heavy atom. The molecule has 1 amide bonds. The molecule has 2 aromatic rings. The molecular weight excluding hydrogens is 398 g/mol. The highest BCUT2D eigenvalue weighted by atomic mass is 16.5. The number of nitrogens with zero attached hydrogens (tertiary/aromatic N) is 1. The molecule has 0 aliphatic rings. The number of ether oxygens (including phenoxy) is 2. The average molecular weight is 430 g/mol. The maximum absolute atomic E-state index is 12.9. The van der Waals surface area contributed by atoms with Crippen molar-refractivity contribution in [3.05, 3.63) is 45.4 Å². The molecule has 0 saturated carbocycles. The van der Waals surface area contributed by atoms with Crippen LogP contribution >= 0.6 is 0 Å². The molecule has 8 heteroatoms. The molecule has 2 rings (SSSR count). The van der Waals surface area contributed by atoms with Crippen LogP contribution in [0.1, 0.15) is 55.2 Å². The molecule has 31 heavy (non-hydrogen) atoms. The van der Waals surface area contributed by atoms with E-state index in [4.69, 9.17) is 9.47 Å². The smallest absolute Gasteiger partial charge is 0.328 e. The number of carbonyl (C=O) groups excluding carboxylic acids is 2. The van der Waals surface area contributed by atoms with Crippen LogP contribution in [0.5, 0.6) is 5.75 Å². The number of H-pyrrole nitrogens is 1. The predicted molar refractivity (Wildman–Crippen MR) is 118 cm³/mol. The number of hydrogen-bond donors (Lipinski definition) is 2. The molecule has 1 atom stereocenters. The minimum Gasteiger partial charge on any atom is -0.493 e. The number of carbonyl (C=O) groups is 2. The van der Waals surface area contributed by atoms with Gasteiger partial charge in [-0.15, -0.1) is 0 Å². The lowest BCUT2D eigenvalue weighted by Crippen LogP contribution is -2.42. The first-order chi connectivity index (χ1) is 14.7. The minimum atomic E-state index is -0.753. The van der Waals surface area contributed by atoms with E-state index in [0.29, 0.717) is 47.0 Å². The van der Waals surface area contributed by atoms with Crippen molar-refractivity contribution in [2.24, 2.45) is 5.92 Å². The van der Waals surface area contributed by atoms with E-state index in [1.165, 1.54) is 7.11 Å². The lowest BCUT2D eigenvalue weighted by atomic mass is 10.0. The first-order valence-corrected chi connectivity index (χ1v) is 10.4. The van der Waals surface area contributed by atoms with Crippen molar-refractivity contribution in [1.82, 2.24) is 15.3 Å².